The van der Waals surface area contributed by atoms with Gasteiger partial charge in [0, 0.05) is 17.4 Å². The van der Waals surface area contributed by atoms with Crippen LogP contribution in [0.3, 0.4) is 0 Å². The number of nitrogens with zero attached hydrogens (tertiary/aromatic N) is 2. The van der Waals surface area contributed by atoms with Gasteiger partial charge >= 0.3 is 0 Å². The van der Waals surface area contributed by atoms with Crippen LogP contribution in [0, 0.1) is 5.82 Å². The summed E-state index contributed by atoms with van der Waals surface area (Å²) in [4.78, 5) is 19.6. The molecule has 1 saturated carbocycles. The third-order valence-corrected chi connectivity index (χ3v) is 4.38. The molecule has 0 saturated heterocycles. The van der Waals surface area contributed by atoms with Crippen LogP contribution < -0.4 is 16.6 Å². The van der Waals surface area contributed by atoms with Gasteiger partial charge in [-0.2, -0.15) is 0 Å². The summed E-state index contributed by atoms with van der Waals surface area (Å²) in [6.45, 7) is 0. The average Bonchev–Trinajstić information content (AvgIpc) is 2.53. The van der Waals surface area contributed by atoms with E-state index in [2.05, 4.69) is 15.3 Å². The molecule has 1 aliphatic carbocycles. The van der Waals surface area contributed by atoms with Crippen molar-refractivity contribution in [3.05, 3.63) is 52.6 Å². The summed E-state index contributed by atoms with van der Waals surface area (Å²) in [5.41, 5.74) is 2.47. The maximum absolute atomic E-state index is 13.6. The molecule has 6 nitrogen and oxygen atoms in total. The number of hydrogen-bond acceptors (Lipinski definition) is 5. The summed E-state index contributed by atoms with van der Waals surface area (Å²) < 4.78 is 13.6. The maximum atomic E-state index is 13.6. The lowest BCUT2D eigenvalue weighted by molar-refractivity contribution is 0.0953. The number of carbonyl (C=O) groups is 1. The van der Waals surface area contributed by atoms with Gasteiger partial charge in [0.2, 0.25) is 5.95 Å². The van der Waals surface area contributed by atoms with Gasteiger partial charge in [-0.1, -0.05) is 11.6 Å². The van der Waals surface area contributed by atoms with E-state index in [0.29, 0.717) is 16.5 Å². The van der Waals surface area contributed by atoms with Gasteiger partial charge in [0.25, 0.3) is 5.91 Å². The first-order chi connectivity index (χ1) is 11.0. The fraction of sp³-hybridized carbons (Fsp3) is 0.267. The summed E-state index contributed by atoms with van der Waals surface area (Å²) in [7, 11) is 0. The lowest BCUT2D eigenvalue weighted by atomic mass is 9.72. The first-order valence-corrected chi connectivity index (χ1v) is 7.48. The Balaban J connectivity index is 1.87. The number of nitrogens with one attached hydrogen (secondary N) is 2. The van der Waals surface area contributed by atoms with Crippen molar-refractivity contribution in [3.8, 4) is 0 Å². The van der Waals surface area contributed by atoms with Crippen LogP contribution in [0.15, 0.2) is 30.6 Å². The Hall–Kier alpha value is -2.25. The number of anilines is 1. The van der Waals surface area contributed by atoms with E-state index in [1.807, 2.05) is 5.43 Å². The largest absolute Gasteiger partial charge is 0.345 e. The van der Waals surface area contributed by atoms with E-state index in [9.17, 15) is 9.18 Å². The monoisotopic (exact) mass is 335 g/mol. The van der Waals surface area contributed by atoms with Crippen molar-refractivity contribution in [2.24, 2.45) is 5.84 Å². The van der Waals surface area contributed by atoms with Crippen molar-refractivity contribution in [2.45, 2.75) is 24.8 Å². The number of carbonyl (C=O) groups excluding carboxylic acids is 1. The third-order valence-electron chi connectivity index (χ3n) is 4.05. The van der Waals surface area contributed by atoms with Crippen LogP contribution in [0.2, 0.25) is 5.02 Å². The quantitative estimate of drug-likeness (QED) is 0.453. The Morgan fingerprint density at radius 1 is 1.30 bits per heavy atom. The molecule has 0 bridgehead atoms. The SMILES string of the molecule is NNC(=O)c1cnc(NC2(c3cc(F)ccc3Cl)CCC2)nc1. The van der Waals surface area contributed by atoms with E-state index in [4.69, 9.17) is 17.4 Å². The molecule has 1 aromatic heterocycles. The zero-order valence-electron chi connectivity index (χ0n) is 12.1. The second-order valence-corrected chi connectivity index (χ2v) is 5.86. The number of benzene rings is 1. The van der Waals surface area contributed by atoms with Crippen molar-refractivity contribution in [2.75, 3.05) is 5.32 Å². The van der Waals surface area contributed by atoms with Crippen LogP contribution in [0.5, 0.6) is 0 Å². The molecule has 3 rings (SSSR count). The summed E-state index contributed by atoms with van der Waals surface area (Å²) in [5, 5.41) is 3.72. The average molecular weight is 336 g/mol. The fourth-order valence-electron chi connectivity index (χ4n) is 2.66. The lowest BCUT2D eigenvalue weighted by Crippen LogP contribution is -2.43. The predicted molar refractivity (Wildman–Crippen MR) is 84.2 cm³/mol. The van der Waals surface area contributed by atoms with Crippen molar-refractivity contribution in [1.29, 1.82) is 0 Å². The number of nitrogens with two attached hydrogens (primary N) is 1. The van der Waals surface area contributed by atoms with Gasteiger partial charge in [0.15, 0.2) is 0 Å². The summed E-state index contributed by atoms with van der Waals surface area (Å²) in [6.07, 6.45) is 5.33. The minimum atomic E-state index is -0.489. The molecule has 1 fully saturated rings. The lowest BCUT2D eigenvalue weighted by Gasteiger charge is -2.43. The number of hydrazine groups is 1. The molecule has 2 aromatic rings. The molecule has 1 aliphatic rings. The Morgan fingerprint density at radius 2 is 2.00 bits per heavy atom. The molecule has 4 N–H and O–H groups in total. The summed E-state index contributed by atoms with van der Waals surface area (Å²) >= 11 is 6.23. The maximum Gasteiger partial charge on any atom is 0.268 e. The topological polar surface area (TPSA) is 92.9 Å². The van der Waals surface area contributed by atoms with E-state index in [1.54, 1.807) is 6.07 Å². The van der Waals surface area contributed by atoms with Gasteiger partial charge < -0.3 is 5.32 Å². The van der Waals surface area contributed by atoms with Crippen molar-refractivity contribution in [1.82, 2.24) is 15.4 Å². The fourth-order valence-corrected chi connectivity index (χ4v) is 2.96. The van der Waals surface area contributed by atoms with Crippen LogP contribution >= 0.6 is 11.6 Å². The van der Waals surface area contributed by atoms with Gasteiger partial charge in [0.1, 0.15) is 5.82 Å². The van der Waals surface area contributed by atoms with Gasteiger partial charge in [-0.15, -0.1) is 0 Å². The van der Waals surface area contributed by atoms with E-state index >= 15 is 0 Å². The normalized spacial score (nSPS) is 15.6. The number of halogens is 2. The van der Waals surface area contributed by atoms with E-state index in [1.165, 1.54) is 24.5 Å². The smallest absolute Gasteiger partial charge is 0.268 e. The Morgan fingerprint density at radius 3 is 2.57 bits per heavy atom. The van der Waals surface area contributed by atoms with Gasteiger partial charge in [-0.25, -0.2) is 20.2 Å². The van der Waals surface area contributed by atoms with Crippen molar-refractivity contribution < 1.29 is 9.18 Å². The van der Waals surface area contributed by atoms with Gasteiger partial charge in [0.05, 0.1) is 11.1 Å². The Bertz CT molecular complexity index is 733. The first-order valence-electron chi connectivity index (χ1n) is 7.11. The Kier molecular flexibility index (Phi) is 4.14. The van der Waals surface area contributed by atoms with Crippen LogP contribution in [0.25, 0.3) is 0 Å². The van der Waals surface area contributed by atoms with Crippen molar-refractivity contribution >= 4 is 23.5 Å². The first kappa shape index (κ1) is 15.6. The number of amides is 1. The molecule has 0 aliphatic heterocycles. The molecule has 0 atom stereocenters. The molecule has 1 heterocycles. The third kappa shape index (κ3) is 2.97. The Labute approximate surface area is 137 Å². The zero-order valence-corrected chi connectivity index (χ0v) is 12.9. The number of nitrogen functional groups attached to an aromatic ring is 1. The second-order valence-electron chi connectivity index (χ2n) is 5.45. The van der Waals surface area contributed by atoms with Crippen LogP contribution in [0.1, 0.15) is 35.2 Å². The standard InChI is InChI=1S/C15H15ClFN5O/c16-12-3-2-10(17)6-11(12)15(4-1-5-15)21-14-19-7-9(8-20-14)13(23)22-18/h2-3,6-8H,1,4-5,18H2,(H,22,23)(H,19,20,21). The molecule has 0 unspecified atom stereocenters. The minimum Gasteiger partial charge on any atom is -0.345 e. The molecule has 1 aromatic carbocycles. The zero-order chi connectivity index (χ0) is 16.4. The number of rotatable bonds is 4. The van der Waals surface area contributed by atoms with Crippen molar-refractivity contribution in [3.63, 3.8) is 0 Å². The van der Waals surface area contributed by atoms with Crippen LogP contribution in [-0.2, 0) is 5.54 Å². The second kappa shape index (κ2) is 6.10. The molecule has 1 amide bonds. The number of hydrogen-bond donors (Lipinski definition) is 3. The highest BCUT2D eigenvalue weighted by Gasteiger charge is 2.41. The summed E-state index contributed by atoms with van der Waals surface area (Å²) in [6, 6.07) is 4.31. The van der Waals surface area contributed by atoms with E-state index in [-0.39, 0.29) is 11.4 Å². The molecular formula is C15H15ClFN5O. The molecule has 0 spiro atoms. The predicted octanol–water partition coefficient (Wildman–Crippen LogP) is 2.36. The van der Waals surface area contributed by atoms with Crippen LogP contribution in [-0.4, -0.2) is 15.9 Å². The minimum absolute atomic E-state index is 0.254. The van der Waals surface area contributed by atoms with E-state index < -0.39 is 11.4 Å². The van der Waals surface area contributed by atoms with E-state index in [0.717, 1.165) is 19.3 Å². The highest BCUT2D eigenvalue weighted by Crippen LogP contribution is 2.46. The highest BCUT2D eigenvalue weighted by molar-refractivity contribution is 6.31. The molecule has 23 heavy (non-hydrogen) atoms. The summed E-state index contributed by atoms with van der Waals surface area (Å²) in [5.74, 6) is 4.60. The molecule has 8 heteroatoms. The van der Waals surface area contributed by atoms with Crippen LogP contribution in [0.4, 0.5) is 10.3 Å². The molecular weight excluding hydrogens is 321 g/mol. The molecule has 0 radical (unpaired) electrons. The molecule has 120 valence electrons. The van der Waals surface area contributed by atoms with Gasteiger partial charge in [-0.3, -0.25) is 10.2 Å². The highest BCUT2D eigenvalue weighted by atomic mass is 35.5. The van der Waals surface area contributed by atoms with Gasteiger partial charge in [-0.05, 0) is 43.0 Å². The number of aromatic nitrogens is 2.